The van der Waals surface area contributed by atoms with Crippen molar-refractivity contribution in [3.05, 3.63) is 89.5 Å². The third kappa shape index (κ3) is 3.95. The molecule has 0 bridgehead atoms. The first kappa shape index (κ1) is 19.4. The monoisotopic (exact) mass is 417 g/mol. The lowest BCUT2D eigenvalue weighted by molar-refractivity contribution is -0.121. The van der Waals surface area contributed by atoms with Crippen LogP contribution in [0.4, 0.5) is 0 Å². The Balaban J connectivity index is 1.80. The van der Waals surface area contributed by atoms with Crippen LogP contribution in [0.15, 0.2) is 78.4 Å². The maximum atomic E-state index is 12.8. The molecular weight excluding hydrogens is 398 g/mol. The van der Waals surface area contributed by atoms with Crippen molar-refractivity contribution in [2.24, 2.45) is 0 Å². The number of para-hydroxylation sites is 1. The van der Waals surface area contributed by atoms with E-state index in [0.717, 1.165) is 22.5 Å². The van der Waals surface area contributed by atoms with Crippen molar-refractivity contribution in [3.8, 4) is 16.9 Å². The van der Waals surface area contributed by atoms with Gasteiger partial charge in [0.15, 0.2) is 0 Å². The van der Waals surface area contributed by atoms with Crippen molar-refractivity contribution < 1.29 is 4.79 Å². The lowest BCUT2D eigenvalue weighted by Gasteiger charge is -2.10. The van der Waals surface area contributed by atoms with Gasteiger partial charge in [0.1, 0.15) is 4.32 Å². The predicted octanol–water partition coefficient (Wildman–Crippen LogP) is 5.23. The maximum Gasteiger partial charge on any atom is 0.266 e. The van der Waals surface area contributed by atoms with Crippen LogP contribution in [0.5, 0.6) is 0 Å². The molecule has 4 rings (SSSR count). The standard InChI is InChI=1S/C23H19N3OS2/c1-3-13-25-22(27)20(29-23(25)28)14-18-15-26(19-7-5-4-6-8-19)24-21(18)17-11-9-16(2)10-12-17/h3-12,14-15H,1,13H2,2H3. The van der Waals surface area contributed by atoms with Crippen LogP contribution in [-0.2, 0) is 4.79 Å². The number of hydrogen-bond donors (Lipinski definition) is 0. The summed E-state index contributed by atoms with van der Waals surface area (Å²) in [5.74, 6) is -0.0952. The van der Waals surface area contributed by atoms with E-state index >= 15 is 0 Å². The molecule has 1 fully saturated rings. The van der Waals surface area contributed by atoms with Gasteiger partial charge in [-0.15, -0.1) is 6.58 Å². The van der Waals surface area contributed by atoms with E-state index in [4.69, 9.17) is 17.3 Å². The van der Waals surface area contributed by atoms with Crippen LogP contribution >= 0.6 is 24.0 Å². The summed E-state index contributed by atoms with van der Waals surface area (Å²) in [6.45, 7) is 6.17. The molecule has 1 aliphatic rings. The summed E-state index contributed by atoms with van der Waals surface area (Å²) in [5, 5.41) is 4.81. The average molecular weight is 418 g/mol. The number of rotatable bonds is 5. The van der Waals surface area contributed by atoms with Gasteiger partial charge in [-0.3, -0.25) is 9.69 Å². The second-order valence-electron chi connectivity index (χ2n) is 6.66. The molecule has 0 N–H and O–H groups in total. The normalized spacial score (nSPS) is 15.3. The molecule has 0 spiro atoms. The summed E-state index contributed by atoms with van der Waals surface area (Å²) in [6, 6.07) is 18.1. The average Bonchev–Trinajstić information content (AvgIpc) is 3.26. The van der Waals surface area contributed by atoms with E-state index in [2.05, 4.69) is 25.6 Å². The van der Waals surface area contributed by atoms with Gasteiger partial charge in [0.05, 0.1) is 16.3 Å². The second-order valence-corrected chi connectivity index (χ2v) is 8.34. The second kappa shape index (κ2) is 8.19. The van der Waals surface area contributed by atoms with Gasteiger partial charge in [-0.25, -0.2) is 4.68 Å². The highest BCUT2D eigenvalue weighted by Crippen LogP contribution is 2.34. The van der Waals surface area contributed by atoms with E-state index in [9.17, 15) is 4.79 Å². The fraction of sp³-hybridized carbons (Fsp3) is 0.0870. The highest BCUT2D eigenvalue weighted by atomic mass is 32.2. The molecule has 1 aromatic heterocycles. The van der Waals surface area contributed by atoms with Crippen molar-refractivity contribution in [2.45, 2.75) is 6.92 Å². The van der Waals surface area contributed by atoms with Crippen LogP contribution in [0, 0.1) is 6.92 Å². The van der Waals surface area contributed by atoms with E-state index in [1.165, 1.54) is 17.3 Å². The molecule has 1 saturated heterocycles. The highest BCUT2D eigenvalue weighted by Gasteiger charge is 2.31. The number of amides is 1. The number of carbonyl (C=O) groups is 1. The number of aryl methyl sites for hydroxylation is 1. The molecule has 0 radical (unpaired) electrons. The van der Waals surface area contributed by atoms with E-state index in [1.807, 2.05) is 59.4 Å². The Labute approximate surface area is 179 Å². The third-order valence-electron chi connectivity index (χ3n) is 4.56. The summed E-state index contributed by atoms with van der Waals surface area (Å²) in [7, 11) is 0. The lowest BCUT2D eigenvalue weighted by Crippen LogP contribution is -2.27. The molecule has 2 heterocycles. The molecule has 0 atom stereocenters. The molecule has 3 aromatic rings. The smallest absolute Gasteiger partial charge is 0.266 e. The zero-order valence-electron chi connectivity index (χ0n) is 15.9. The number of benzene rings is 2. The topological polar surface area (TPSA) is 38.1 Å². The zero-order valence-corrected chi connectivity index (χ0v) is 17.5. The number of thiocarbonyl (C=S) groups is 1. The number of carbonyl (C=O) groups excluding carboxylic acids is 1. The molecule has 0 aliphatic carbocycles. The lowest BCUT2D eigenvalue weighted by atomic mass is 10.1. The maximum absolute atomic E-state index is 12.8. The molecule has 1 amide bonds. The number of aromatic nitrogens is 2. The van der Waals surface area contributed by atoms with Crippen molar-refractivity contribution in [1.82, 2.24) is 14.7 Å². The predicted molar refractivity (Wildman–Crippen MR) is 124 cm³/mol. The fourth-order valence-corrected chi connectivity index (χ4v) is 4.34. The Kier molecular flexibility index (Phi) is 5.47. The van der Waals surface area contributed by atoms with Crippen LogP contribution in [0.25, 0.3) is 23.0 Å². The number of hydrogen-bond acceptors (Lipinski definition) is 4. The molecule has 6 heteroatoms. The molecule has 0 unspecified atom stereocenters. The number of nitrogens with zero attached hydrogens (tertiary/aromatic N) is 3. The van der Waals surface area contributed by atoms with Crippen LogP contribution in [0.1, 0.15) is 11.1 Å². The van der Waals surface area contributed by atoms with Gasteiger partial charge >= 0.3 is 0 Å². The first-order valence-electron chi connectivity index (χ1n) is 9.15. The molecule has 4 nitrogen and oxygen atoms in total. The van der Waals surface area contributed by atoms with Gasteiger partial charge in [0.2, 0.25) is 0 Å². The number of thioether (sulfide) groups is 1. The summed E-state index contributed by atoms with van der Waals surface area (Å²) < 4.78 is 2.39. The Bertz CT molecular complexity index is 1110. The van der Waals surface area contributed by atoms with Crippen LogP contribution < -0.4 is 0 Å². The Hall–Kier alpha value is -2.96. The van der Waals surface area contributed by atoms with Crippen LogP contribution in [-0.4, -0.2) is 31.5 Å². The van der Waals surface area contributed by atoms with Gasteiger partial charge in [-0.2, -0.15) is 5.10 Å². The van der Waals surface area contributed by atoms with Crippen molar-refractivity contribution in [2.75, 3.05) is 6.54 Å². The molecule has 144 valence electrons. The molecule has 0 saturated carbocycles. The van der Waals surface area contributed by atoms with E-state index in [1.54, 1.807) is 11.0 Å². The van der Waals surface area contributed by atoms with E-state index < -0.39 is 0 Å². The summed E-state index contributed by atoms with van der Waals surface area (Å²) >= 11 is 6.67. The third-order valence-corrected chi connectivity index (χ3v) is 5.94. The highest BCUT2D eigenvalue weighted by molar-refractivity contribution is 8.26. The van der Waals surface area contributed by atoms with Crippen molar-refractivity contribution in [1.29, 1.82) is 0 Å². The van der Waals surface area contributed by atoms with Gasteiger partial charge in [0, 0.05) is 23.9 Å². The molecular formula is C23H19N3OS2. The van der Waals surface area contributed by atoms with Gasteiger partial charge < -0.3 is 0 Å². The minimum absolute atomic E-state index is 0.0952. The first-order chi connectivity index (χ1) is 14.1. The summed E-state index contributed by atoms with van der Waals surface area (Å²) in [6.07, 6.45) is 5.51. The SMILES string of the molecule is C=CCN1C(=O)C(=Cc2cn(-c3ccccc3)nc2-c2ccc(C)cc2)SC1=S. The Morgan fingerprint density at radius 2 is 1.86 bits per heavy atom. The van der Waals surface area contributed by atoms with Crippen LogP contribution in [0.2, 0.25) is 0 Å². The Morgan fingerprint density at radius 1 is 1.14 bits per heavy atom. The minimum Gasteiger partial charge on any atom is -0.289 e. The van der Waals surface area contributed by atoms with Crippen molar-refractivity contribution in [3.63, 3.8) is 0 Å². The molecule has 1 aliphatic heterocycles. The Morgan fingerprint density at radius 3 is 2.55 bits per heavy atom. The summed E-state index contributed by atoms with van der Waals surface area (Å²) in [5.41, 5.74) is 4.83. The quantitative estimate of drug-likeness (QED) is 0.323. The fourth-order valence-electron chi connectivity index (χ4n) is 3.07. The zero-order chi connectivity index (χ0) is 20.4. The largest absolute Gasteiger partial charge is 0.289 e. The van der Waals surface area contributed by atoms with Crippen LogP contribution in [0.3, 0.4) is 0 Å². The summed E-state index contributed by atoms with van der Waals surface area (Å²) in [4.78, 5) is 14.9. The van der Waals surface area contributed by atoms with E-state index in [-0.39, 0.29) is 5.91 Å². The minimum atomic E-state index is -0.0952. The van der Waals surface area contributed by atoms with Crippen molar-refractivity contribution >= 4 is 40.3 Å². The molecule has 2 aromatic carbocycles. The van der Waals surface area contributed by atoms with E-state index in [0.29, 0.717) is 15.8 Å². The first-order valence-corrected chi connectivity index (χ1v) is 10.4. The van der Waals surface area contributed by atoms with Gasteiger partial charge in [-0.1, -0.05) is 78.1 Å². The van der Waals surface area contributed by atoms with Gasteiger partial charge in [0.25, 0.3) is 5.91 Å². The van der Waals surface area contributed by atoms with Gasteiger partial charge in [-0.05, 0) is 25.1 Å². The molecule has 29 heavy (non-hydrogen) atoms.